The molecule has 0 atom stereocenters. The summed E-state index contributed by atoms with van der Waals surface area (Å²) in [5.74, 6) is 1.01. The van der Waals surface area contributed by atoms with Crippen molar-refractivity contribution in [2.24, 2.45) is 0 Å². The first-order chi connectivity index (χ1) is 14.4. The average Bonchev–Trinajstić information content (AvgIpc) is 3.20. The Morgan fingerprint density at radius 2 is 1.73 bits per heavy atom. The smallest absolute Gasteiger partial charge is 0.322 e. The summed E-state index contributed by atoms with van der Waals surface area (Å²) < 4.78 is 21.5. The number of aromatic nitrogens is 2. The molecule has 30 heavy (non-hydrogen) atoms. The Balaban J connectivity index is 1.80. The summed E-state index contributed by atoms with van der Waals surface area (Å²) in [6.07, 6.45) is 0. The SMILES string of the molecule is COc1cc(C(=O)Nc2nnc(-c3cccc(SC(C)C)c3)o2)cc(OC)c1OC. The van der Waals surface area contributed by atoms with Crippen molar-refractivity contribution < 1.29 is 23.4 Å². The zero-order valence-electron chi connectivity index (χ0n) is 17.4. The normalized spacial score (nSPS) is 10.7. The van der Waals surface area contributed by atoms with E-state index in [1.54, 1.807) is 23.9 Å². The third-order valence-corrected chi connectivity index (χ3v) is 5.02. The molecule has 8 nitrogen and oxygen atoms in total. The molecule has 158 valence electrons. The van der Waals surface area contributed by atoms with Crippen molar-refractivity contribution in [3.05, 3.63) is 42.0 Å². The number of nitrogens with zero attached hydrogens (tertiary/aromatic N) is 2. The van der Waals surface area contributed by atoms with Gasteiger partial charge in [0.15, 0.2) is 11.5 Å². The van der Waals surface area contributed by atoms with E-state index in [1.165, 1.54) is 21.3 Å². The Kier molecular flexibility index (Phi) is 6.83. The fraction of sp³-hybridized carbons (Fsp3) is 0.286. The number of amides is 1. The third kappa shape index (κ3) is 4.85. The van der Waals surface area contributed by atoms with Gasteiger partial charge in [0.2, 0.25) is 11.6 Å². The van der Waals surface area contributed by atoms with Gasteiger partial charge in [-0.25, -0.2) is 0 Å². The molecule has 0 aliphatic heterocycles. The van der Waals surface area contributed by atoms with Crippen LogP contribution in [0.5, 0.6) is 17.2 Å². The van der Waals surface area contributed by atoms with E-state index in [0.29, 0.717) is 34.0 Å². The molecule has 0 spiro atoms. The lowest BCUT2D eigenvalue weighted by molar-refractivity contribution is 0.102. The van der Waals surface area contributed by atoms with Gasteiger partial charge in [-0.15, -0.1) is 16.9 Å². The number of rotatable bonds is 8. The molecule has 0 unspecified atom stereocenters. The lowest BCUT2D eigenvalue weighted by Gasteiger charge is -2.13. The summed E-state index contributed by atoms with van der Waals surface area (Å²) in [5.41, 5.74) is 1.07. The number of carbonyl (C=O) groups is 1. The van der Waals surface area contributed by atoms with Crippen LogP contribution in [0.1, 0.15) is 24.2 Å². The van der Waals surface area contributed by atoms with Crippen LogP contribution in [-0.4, -0.2) is 42.7 Å². The Labute approximate surface area is 178 Å². The van der Waals surface area contributed by atoms with Gasteiger partial charge in [0.25, 0.3) is 5.91 Å². The fourth-order valence-corrected chi connectivity index (χ4v) is 3.64. The van der Waals surface area contributed by atoms with Crippen molar-refractivity contribution in [2.75, 3.05) is 26.6 Å². The Bertz CT molecular complexity index is 1010. The molecule has 0 aliphatic carbocycles. The molecule has 0 fully saturated rings. The van der Waals surface area contributed by atoms with Crippen molar-refractivity contribution in [3.63, 3.8) is 0 Å². The van der Waals surface area contributed by atoms with Crippen molar-refractivity contribution in [3.8, 4) is 28.7 Å². The standard InChI is InChI=1S/C21H23N3O5S/c1-12(2)30-15-8-6-7-13(9-15)20-23-24-21(29-20)22-19(25)14-10-16(26-3)18(28-5)17(11-14)27-4/h6-12H,1-5H3,(H,22,24,25). The minimum Gasteiger partial charge on any atom is -0.493 e. The fourth-order valence-electron chi connectivity index (χ4n) is 2.75. The van der Waals surface area contributed by atoms with Gasteiger partial charge in [-0.3, -0.25) is 10.1 Å². The van der Waals surface area contributed by atoms with Gasteiger partial charge >= 0.3 is 6.01 Å². The van der Waals surface area contributed by atoms with Crippen LogP contribution in [0.25, 0.3) is 11.5 Å². The molecule has 0 saturated carbocycles. The Morgan fingerprint density at radius 1 is 1.03 bits per heavy atom. The van der Waals surface area contributed by atoms with Crippen LogP contribution >= 0.6 is 11.8 Å². The lowest BCUT2D eigenvalue weighted by Crippen LogP contribution is -2.13. The molecular formula is C21H23N3O5S. The number of nitrogens with one attached hydrogen (secondary N) is 1. The quantitative estimate of drug-likeness (QED) is 0.522. The molecule has 1 heterocycles. The minimum atomic E-state index is -0.450. The van der Waals surface area contributed by atoms with E-state index in [9.17, 15) is 4.79 Å². The van der Waals surface area contributed by atoms with Crippen LogP contribution in [0.15, 0.2) is 45.7 Å². The zero-order chi connectivity index (χ0) is 21.7. The predicted molar refractivity (Wildman–Crippen MR) is 115 cm³/mol. The number of thioether (sulfide) groups is 1. The highest BCUT2D eigenvalue weighted by atomic mass is 32.2. The average molecular weight is 429 g/mol. The van der Waals surface area contributed by atoms with Gasteiger partial charge < -0.3 is 18.6 Å². The second-order valence-electron chi connectivity index (χ2n) is 6.47. The molecule has 0 aliphatic rings. The summed E-state index contributed by atoms with van der Waals surface area (Å²) in [4.78, 5) is 13.8. The van der Waals surface area contributed by atoms with Gasteiger partial charge in [0, 0.05) is 21.3 Å². The van der Waals surface area contributed by atoms with E-state index in [2.05, 4.69) is 29.4 Å². The molecule has 3 rings (SSSR count). The van der Waals surface area contributed by atoms with Gasteiger partial charge in [0.05, 0.1) is 21.3 Å². The van der Waals surface area contributed by atoms with Gasteiger partial charge in [-0.2, -0.15) is 0 Å². The Morgan fingerprint density at radius 3 is 2.33 bits per heavy atom. The zero-order valence-corrected chi connectivity index (χ0v) is 18.2. The number of hydrogen-bond acceptors (Lipinski definition) is 8. The van der Waals surface area contributed by atoms with Crippen molar-refractivity contribution >= 4 is 23.7 Å². The summed E-state index contributed by atoms with van der Waals surface area (Å²) in [5, 5.41) is 11.0. The molecule has 0 radical (unpaired) electrons. The Hall–Kier alpha value is -3.20. The maximum absolute atomic E-state index is 12.7. The van der Waals surface area contributed by atoms with E-state index in [0.717, 1.165) is 10.5 Å². The number of benzene rings is 2. The van der Waals surface area contributed by atoms with E-state index in [4.69, 9.17) is 18.6 Å². The highest BCUT2D eigenvalue weighted by Crippen LogP contribution is 2.38. The number of methoxy groups -OCH3 is 3. The van der Waals surface area contributed by atoms with Crippen LogP contribution < -0.4 is 19.5 Å². The largest absolute Gasteiger partial charge is 0.493 e. The van der Waals surface area contributed by atoms with Crippen molar-refractivity contribution in [1.29, 1.82) is 0 Å². The summed E-state index contributed by atoms with van der Waals surface area (Å²) in [6.45, 7) is 4.25. The number of anilines is 1. The van der Waals surface area contributed by atoms with Crippen molar-refractivity contribution in [1.82, 2.24) is 10.2 Å². The number of hydrogen-bond donors (Lipinski definition) is 1. The van der Waals surface area contributed by atoms with Crippen LogP contribution in [-0.2, 0) is 0 Å². The van der Waals surface area contributed by atoms with E-state index >= 15 is 0 Å². The van der Waals surface area contributed by atoms with Crippen LogP contribution in [0.2, 0.25) is 0 Å². The van der Waals surface area contributed by atoms with Gasteiger partial charge in [-0.05, 0) is 30.3 Å². The van der Waals surface area contributed by atoms with Crippen LogP contribution in [0.3, 0.4) is 0 Å². The molecule has 1 N–H and O–H groups in total. The van der Waals surface area contributed by atoms with Crippen molar-refractivity contribution in [2.45, 2.75) is 24.0 Å². The first kappa shape index (κ1) is 21.5. The molecule has 2 aromatic carbocycles. The lowest BCUT2D eigenvalue weighted by atomic mass is 10.1. The first-order valence-electron chi connectivity index (χ1n) is 9.17. The summed E-state index contributed by atoms with van der Waals surface area (Å²) in [6, 6.07) is 10.9. The van der Waals surface area contributed by atoms with Gasteiger partial charge in [0.1, 0.15) is 0 Å². The van der Waals surface area contributed by atoms with E-state index in [1.807, 2.05) is 24.3 Å². The maximum Gasteiger partial charge on any atom is 0.322 e. The maximum atomic E-state index is 12.7. The third-order valence-electron chi connectivity index (χ3n) is 4.03. The highest BCUT2D eigenvalue weighted by Gasteiger charge is 2.19. The second kappa shape index (κ2) is 9.53. The molecule has 9 heteroatoms. The molecular weight excluding hydrogens is 406 g/mol. The van der Waals surface area contributed by atoms with Crippen LogP contribution in [0, 0.1) is 0 Å². The highest BCUT2D eigenvalue weighted by molar-refractivity contribution is 7.99. The molecule has 1 amide bonds. The summed E-state index contributed by atoms with van der Waals surface area (Å²) in [7, 11) is 4.46. The monoisotopic (exact) mass is 429 g/mol. The summed E-state index contributed by atoms with van der Waals surface area (Å²) >= 11 is 1.74. The molecule has 0 bridgehead atoms. The van der Waals surface area contributed by atoms with E-state index in [-0.39, 0.29) is 6.01 Å². The number of carbonyl (C=O) groups excluding carboxylic acids is 1. The van der Waals surface area contributed by atoms with E-state index < -0.39 is 5.91 Å². The minimum absolute atomic E-state index is 0.00864. The van der Waals surface area contributed by atoms with Gasteiger partial charge in [-0.1, -0.05) is 25.0 Å². The second-order valence-corrected chi connectivity index (χ2v) is 8.12. The number of ether oxygens (including phenoxy) is 3. The molecule has 0 saturated heterocycles. The van der Waals surface area contributed by atoms with Crippen LogP contribution in [0.4, 0.5) is 6.01 Å². The molecule has 3 aromatic rings. The first-order valence-corrected chi connectivity index (χ1v) is 10.0. The topological polar surface area (TPSA) is 95.7 Å². The predicted octanol–water partition coefficient (Wildman–Crippen LogP) is 4.52. The molecule has 1 aromatic heterocycles.